The van der Waals surface area contributed by atoms with Crippen molar-refractivity contribution in [1.29, 1.82) is 0 Å². The number of aliphatic hydroxyl groups is 7. The molecular weight excluding hydrogens is 841 g/mol. The maximum Gasteiger partial charge on any atom is 0.306 e. The van der Waals surface area contributed by atoms with Gasteiger partial charge in [0.2, 0.25) is 0 Å². The minimum Gasteiger partial charge on any atom is -0.462 e. The Morgan fingerprint density at radius 1 is 0.477 bits per heavy atom. The monoisotopic (exact) mass is 933 g/mol. The van der Waals surface area contributed by atoms with Crippen molar-refractivity contribution in [2.45, 2.75) is 268 Å². The van der Waals surface area contributed by atoms with Crippen molar-refractivity contribution >= 4 is 11.9 Å². The van der Waals surface area contributed by atoms with Crippen molar-refractivity contribution < 1.29 is 73.8 Å². The molecule has 2 saturated heterocycles. The van der Waals surface area contributed by atoms with Gasteiger partial charge in [0.15, 0.2) is 18.7 Å². The summed E-state index contributed by atoms with van der Waals surface area (Å²) in [5.74, 6) is -0.918. The van der Waals surface area contributed by atoms with Crippen molar-refractivity contribution in [1.82, 2.24) is 0 Å². The van der Waals surface area contributed by atoms with E-state index in [-0.39, 0.29) is 26.1 Å². The van der Waals surface area contributed by atoms with Crippen LogP contribution in [0.3, 0.4) is 0 Å². The number of aliphatic hydroxyl groups excluding tert-OH is 7. The summed E-state index contributed by atoms with van der Waals surface area (Å²) in [5.41, 5.74) is 0. The van der Waals surface area contributed by atoms with Crippen molar-refractivity contribution in [3.8, 4) is 0 Å². The second-order valence-electron chi connectivity index (χ2n) is 18.4. The maximum absolute atomic E-state index is 13.0. The van der Waals surface area contributed by atoms with Gasteiger partial charge in [-0.3, -0.25) is 9.59 Å². The molecule has 2 aliphatic heterocycles. The number of unbranched alkanes of at least 4 members (excludes halogenated alkanes) is 24. The number of rotatable bonds is 40. The molecule has 2 rings (SSSR count). The van der Waals surface area contributed by atoms with Crippen LogP contribution in [0.2, 0.25) is 0 Å². The zero-order valence-corrected chi connectivity index (χ0v) is 40.2. The Balaban J connectivity index is 1.80. The van der Waals surface area contributed by atoms with E-state index in [4.69, 9.17) is 28.4 Å². The first kappa shape index (κ1) is 59.4. The second kappa shape index (κ2) is 38.1. The van der Waals surface area contributed by atoms with Crippen LogP contribution < -0.4 is 0 Å². The number of carbonyl (C=O) groups excluding carboxylic acids is 2. The van der Waals surface area contributed by atoms with Crippen molar-refractivity contribution in [3.63, 3.8) is 0 Å². The summed E-state index contributed by atoms with van der Waals surface area (Å²) >= 11 is 0. The molecule has 4 unspecified atom stereocenters. The highest BCUT2D eigenvalue weighted by molar-refractivity contribution is 5.70. The Kier molecular flexibility index (Phi) is 34.8. The number of ether oxygens (including phenoxy) is 6. The molecule has 0 aromatic carbocycles. The lowest BCUT2D eigenvalue weighted by Crippen LogP contribution is -2.61. The van der Waals surface area contributed by atoms with Crippen LogP contribution in [0.25, 0.3) is 0 Å². The summed E-state index contributed by atoms with van der Waals surface area (Å²) in [5, 5.41) is 72.0. The fourth-order valence-electron chi connectivity index (χ4n) is 8.21. The fourth-order valence-corrected chi connectivity index (χ4v) is 8.21. The summed E-state index contributed by atoms with van der Waals surface area (Å²) in [7, 11) is 0. The van der Waals surface area contributed by atoms with Crippen molar-refractivity contribution in [2.75, 3.05) is 26.4 Å². The van der Waals surface area contributed by atoms with Gasteiger partial charge in [-0.1, -0.05) is 161 Å². The van der Waals surface area contributed by atoms with Gasteiger partial charge in [-0.2, -0.15) is 0 Å². The number of carbonyl (C=O) groups is 2. The average Bonchev–Trinajstić information content (AvgIpc) is 3.30. The Bertz CT molecular complexity index is 1190. The Morgan fingerprint density at radius 3 is 1.37 bits per heavy atom. The molecule has 15 nitrogen and oxygen atoms in total. The highest BCUT2D eigenvalue weighted by atomic mass is 16.7. The Morgan fingerprint density at radius 2 is 0.877 bits per heavy atom. The van der Waals surface area contributed by atoms with E-state index < -0.39 is 92.7 Å². The topological polar surface area (TPSA) is 231 Å². The quantitative estimate of drug-likeness (QED) is 0.0187. The van der Waals surface area contributed by atoms with Crippen LogP contribution in [0.15, 0.2) is 12.2 Å². The molecule has 382 valence electrons. The van der Waals surface area contributed by atoms with Crippen molar-refractivity contribution in [3.05, 3.63) is 12.2 Å². The molecule has 0 aliphatic carbocycles. The Labute approximate surface area is 390 Å². The van der Waals surface area contributed by atoms with Gasteiger partial charge in [-0.15, -0.1) is 0 Å². The van der Waals surface area contributed by atoms with Gasteiger partial charge >= 0.3 is 11.9 Å². The van der Waals surface area contributed by atoms with E-state index in [0.717, 1.165) is 44.9 Å². The van der Waals surface area contributed by atoms with Gasteiger partial charge in [0.05, 0.1) is 19.8 Å². The standard InChI is InChI=1S/C50H92O15/c1-3-5-7-9-11-13-15-17-18-19-20-21-23-25-27-29-31-33-42(53)63-38(35-60-41(52)32-30-28-26-24-22-16-14-12-10-8-6-4-2)36-61-49-48(59)46(57)44(55)40(65-49)37-62-50-47(58)45(56)43(54)39(34-51)64-50/h13,15,38-40,43-51,54-59H,3-12,14,16-37H2,1-2H3/b15-13+/t38-,39+,40+,43-,44-,45?,46?,47?,48?,49+,50+/m1/s1. The fraction of sp³-hybridized carbons (Fsp3) is 0.920. The molecule has 0 spiro atoms. The SMILES string of the molecule is CCCCCC/C=C/CCCCCCCCCCCC(=O)O[C@H](COC(=O)CCCCCCCCCCCCCC)CO[C@H]1O[C@@H](CO[C@H]2O[C@@H](CO)[C@@H](O)C(O)C2O)[C@@H](O)C(O)C1O. The highest BCUT2D eigenvalue weighted by Crippen LogP contribution is 2.26. The highest BCUT2D eigenvalue weighted by Gasteiger charge is 2.47. The molecule has 0 aromatic rings. The second-order valence-corrected chi connectivity index (χ2v) is 18.4. The van der Waals surface area contributed by atoms with Crippen LogP contribution >= 0.6 is 0 Å². The molecule has 0 amide bonds. The molecule has 15 heteroatoms. The summed E-state index contributed by atoms with van der Waals surface area (Å²) in [4.78, 5) is 25.7. The lowest BCUT2D eigenvalue weighted by Gasteiger charge is -2.42. The molecular formula is C50H92O15. The molecule has 2 heterocycles. The van der Waals surface area contributed by atoms with Gasteiger partial charge in [0, 0.05) is 12.8 Å². The molecule has 7 N–H and O–H groups in total. The van der Waals surface area contributed by atoms with Crippen LogP contribution in [-0.2, 0) is 38.0 Å². The largest absolute Gasteiger partial charge is 0.462 e. The van der Waals surface area contributed by atoms with Crippen LogP contribution in [-0.4, -0.2) is 142 Å². The van der Waals surface area contributed by atoms with Crippen LogP contribution in [0, 0.1) is 0 Å². The van der Waals surface area contributed by atoms with E-state index in [1.54, 1.807) is 0 Å². The third-order valence-corrected chi connectivity index (χ3v) is 12.5. The van der Waals surface area contributed by atoms with E-state index in [1.165, 1.54) is 116 Å². The first-order valence-electron chi connectivity index (χ1n) is 25.8. The average molecular weight is 933 g/mol. The molecule has 0 aromatic heterocycles. The Hall–Kier alpha value is -1.76. The molecule has 0 radical (unpaired) electrons. The molecule has 2 fully saturated rings. The van der Waals surface area contributed by atoms with Gasteiger partial charge in [-0.05, 0) is 38.5 Å². The zero-order valence-electron chi connectivity index (χ0n) is 40.2. The lowest BCUT2D eigenvalue weighted by atomic mass is 9.98. The lowest BCUT2D eigenvalue weighted by molar-refractivity contribution is -0.332. The van der Waals surface area contributed by atoms with Crippen LogP contribution in [0.5, 0.6) is 0 Å². The number of esters is 2. The predicted octanol–water partition coefficient (Wildman–Crippen LogP) is 6.99. The van der Waals surface area contributed by atoms with E-state index in [9.17, 15) is 45.3 Å². The summed E-state index contributed by atoms with van der Waals surface area (Å²) in [6.45, 7) is 2.59. The summed E-state index contributed by atoms with van der Waals surface area (Å²) in [6.07, 6.45) is 19.5. The van der Waals surface area contributed by atoms with Gasteiger partial charge in [-0.25, -0.2) is 0 Å². The van der Waals surface area contributed by atoms with E-state index in [2.05, 4.69) is 26.0 Å². The first-order chi connectivity index (χ1) is 31.5. The third kappa shape index (κ3) is 26.5. The number of allylic oxidation sites excluding steroid dienone is 2. The third-order valence-electron chi connectivity index (χ3n) is 12.5. The van der Waals surface area contributed by atoms with E-state index >= 15 is 0 Å². The van der Waals surface area contributed by atoms with Crippen LogP contribution in [0.1, 0.15) is 200 Å². The normalized spacial score (nSPS) is 26.4. The number of hydrogen-bond donors (Lipinski definition) is 7. The number of hydrogen-bond acceptors (Lipinski definition) is 15. The molecule has 2 aliphatic rings. The molecule has 11 atom stereocenters. The zero-order chi connectivity index (χ0) is 47.5. The van der Waals surface area contributed by atoms with Crippen LogP contribution in [0.4, 0.5) is 0 Å². The minimum atomic E-state index is -1.76. The molecule has 0 saturated carbocycles. The van der Waals surface area contributed by atoms with Crippen molar-refractivity contribution in [2.24, 2.45) is 0 Å². The summed E-state index contributed by atoms with van der Waals surface area (Å²) < 4.78 is 33.6. The molecule has 65 heavy (non-hydrogen) atoms. The smallest absolute Gasteiger partial charge is 0.306 e. The maximum atomic E-state index is 13.0. The summed E-state index contributed by atoms with van der Waals surface area (Å²) in [6, 6.07) is 0. The minimum absolute atomic E-state index is 0.167. The molecule has 0 bridgehead atoms. The predicted molar refractivity (Wildman–Crippen MR) is 248 cm³/mol. The van der Waals surface area contributed by atoms with E-state index in [0.29, 0.717) is 12.8 Å². The van der Waals surface area contributed by atoms with Gasteiger partial charge in [0.1, 0.15) is 55.4 Å². The van der Waals surface area contributed by atoms with Gasteiger partial charge in [0.25, 0.3) is 0 Å². The first-order valence-corrected chi connectivity index (χ1v) is 25.8. The van der Waals surface area contributed by atoms with E-state index in [1.807, 2.05) is 0 Å². The van der Waals surface area contributed by atoms with Gasteiger partial charge < -0.3 is 64.2 Å².